The van der Waals surface area contributed by atoms with Gasteiger partial charge in [-0.3, -0.25) is 9.59 Å². The first-order valence-corrected chi connectivity index (χ1v) is 8.71. The molecule has 1 heterocycles. The van der Waals surface area contributed by atoms with Crippen LogP contribution in [0.25, 0.3) is 0 Å². The largest absolute Gasteiger partial charge is 0.342 e. The van der Waals surface area contributed by atoms with Crippen molar-refractivity contribution in [2.45, 2.75) is 25.3 Å². The first-order valence-electron chi connectivity index (χ1n) is 7.00. The Morgan fingerprint density at radius 3 is 2.45 bits per heavy atom. The average molecular weight is 324 g/mol. The van der Waals surface area contributed by atoms with Crippen LogP contribution in [0.15, 0.2) is 24.3 Å². The lowest BCUT2D eigenvalue weighted by Crippen LogP contribution is -2.42. The van der Waals surface area contributed by atoms with Crippen molar-refractivity contribution in [3.63, 3.8) is 0 Å². The van der Waals surface area contributed by atoms with Crippen LogP contribution in [-0.4, -0.2) is 49.9 Å². The fourth-order valence-corrected chi connectivity index (χ4v) is 4.35. The van der Waals surface area contributed by atoms with Gasteiger partial charge in [0.25, 0.3) is 0 Å². The highest BCUT2D eigenvalue weighted by Gasteiger charge is 2.38. The van der Waals surface area contributed by atoms with Crippen molar-refractivity contribution in [1.82, 2.24) is 9.80 Å². The highest BCUT2D eigenvalue weighted by molar-refractivity contribution is 7.91. The standard InChI is InChI=1S/C15H20N2O4S/c1-11(18)16(2)10-12-4-6-13(7-5-12)15-17(3)14(19)8-9-22(15,20)21/h4-7,15H,8-10H2,1-3H3. The molecule has 0 aromatic heterocycles. The van der Waals surface area contributed by atoms with Crippen molar-refractivity contribution in [2.75, 3.05) is 19.8 Å². The monoisotopic (exact) mass is 324 g/mol. The van der Waals surface area contributed by atoms with Crippen molar-refractivity contribution in [3.05, 3.63) is 35.4 Å². The number of carbonyl (C=O) groups excluding carboxylic acids is 2. The second-order valence-corrected chi connectivity index (χ2v) is 7.77. The van der Waals surface area contributed by atoms with E-state index in [4.69, 9.17) is 0 Å². The third-order valence-corrected chi connectivity index (χ3v) is 5.95. The number of hydrogen-bond donors (Lipinski definition) is 0. The lowest BCUT2D eigenvalue weighted by atomic mass is 10.1. The van der Waals surface area contributed by atoms with Gasteiger partial charge in [0.15, 0.2) is 15.2 Å². The molecule has 0 aliphatic carbocycles. The van der Waals surface area contributed by atoms with E-state index in [-0.39, 0.29) is 24.0 Å². The zero-order chi connectivity index (χ0) is 16.5. The van der Waals surface area contributed by atoms with Gasteiger partial charge < -0.3 is 9.80 Å². The molecule has 0 spiro atoms. The molecule has 0 saturated carbocycles. The lowest BCUT2D eigenvalue weighted by Gasteiger charge is -2.32. The predicted octanol–water partition coefficient (Wildman–Crippen LogP) is 0.940. The summed E-state index contributed by atoms with van der Waals surface area (Å²) in [5.74, 6) is -0.320. The van der Waals surface area contributed by atoms with Crippen LogP contribution < -0.4 is 0 Å². The molecule has 1 aliphatic heterocycles. The van der Waals surface area contributed by atoms with Gasteiger partial charge in [0.05, 0.1) is 5.75 Å². The Morgan fingerprint density at radius 2 is 1.91 bits per heavy atom. The normalized spacial score (nSPS) is 20.8. The van der Waals surface area contributed by atoms with E-state index in [1.54, 1.807) is 36.2 Å². The van der Waals surface area contributed by atoms with Gasteiger partial charge >= 0.3 is 0 Å². The minimum atomic E-state index is -3.37. The van der Waals surface area contributed by atoms with Gasteiger partial charge in [0.1, 0.15) is 0 Å². The van der Waals surface area contributed by atoms with Crippen LogP contribution in [-0.2, 0) is 26.0 Å². The Bertz CT molecular complexity index is 682. The third-order valence-electron chi connectivity index (χ3n) is 3.91. The van der Waals surface area contributed by atoms with Gasteiger partial charge in [-0.15, -0.1) is 0 Å². The van der Waals surface area contributed by atoms with Crippen LogP contribution in [0.3, 0.4) is 0 Å². The molecule has 6 nitrogen and oxygen atoms in total. The Hall–Kier alpha value is -1.89. The van der Waals surface area contributed by atoms with E-state index in [0.717, 1.165) is 5.56 Å². The Kier molecular flexibility index (Phi) is 4.55. The summed E-state index contributed by atoms with van der Waals surface area (Å²) < 4.78 is 24.5. The van der Waals surface area contributed by atoms with E-state index in [1.807, 2.05) is 0 Å². The van der Waals surface area contributed by atoms with Gasteiger partial charge in [-0.25, -0.2) is 8.42 Å². The number of amides is 2. The first-order chi connectivity index (χ1) is 10.2. The molecule has 1 unspecified atom stereocenters. The summed E-state index contributed by atoms with van der Waals surface area (Å²) in [6, 6.07) is 7.00. The van der Waals surface area contributed by atoms with Crippen molar-refractivity contribution in [3.8, 4) is 0 Å². The van der Waals surface area contributed by atoms with Gasteiger partial charge in [0, 0.05) is 34.0 Å². The summed E-state index contributed by atoms with van der Waals surface area (Å²) in [5.41, 5.74) is 1.48. The number of sulfone groups is 1. The first kappa shape index (κ1) is 16.5. The van der Waals surface area contributed by atoms with Crippen LogP contribution in [0.2, 0.25) is 0 Å². The highest BCUT2D eigenvalue weighted by Crippen LogP contribution is 2.31. The van der Waals surface area contributed by atoms with Crippen molar-refractivity contribution >= 4 is 21.7 Å². The smallest absolute Gasteiger partial charge is 0.224 e. The zero-order valence-electron chi connectivity index (χ0n) is 12.9. The fraction of sp³-hybridized carbons (Fsp3) is 0.467. The Morgan fingerprint density at radius 1 is 1.32 bits per heavy atom. The van der Waals surface area contributed by atoms with Crippen LogP contribution in [0.4, 0.5) is 0 Å². The maximum atomic E-state index is 12.2. The van der Waals surface area contributed by atoms with Gasteiger partial charge in [-0.2, -0.15) is 0 Å². The molecule has 1 aromatic rings. The molecular formula is C15H20N2O4S. The molecule has 0 radical (unpaired) electrons. The van der Waals surface area contributed by atoms with Crippen LogP contribution in [0.1, 0.15) is 29.8 Å². The van der Waals surface area contributed by atoms with E-state index in [1.165, 1.54) is 18.9 Å². The van der Waals surface area contributed by atoms with E-state index >= 15 is 0 Å². The molecule has 0 N–H and O–H groups in total. The summed E-state index contributed by atoms with van der Waals surface area (Å²) in [6.07, 6.45) is 0.0385. The van der Waals surface area contributed by atoms with Gasteiger partial charge in [-0.1, -0.05) is 24.3 Å². The van der Waals surface area contributed by atoms with E-state index in [9.17, 15) is 18.0 Å². The summed E-state index contributed by atoms with van der Waals surface area (Å²) in [6.45, 7) is 1.95. The van der Waals surface area contributed by atoms with E-state index < -0.39 is 15.2 Å². The Balaban J connectivity index is 2.25. The van der Waals surface area contributed by atoms with Gasteiger partial charge in [0.2, 0.25) is 11.8 Å². The highest BCUT2D eigenvalue weighted by atomic mass is 32.2. The van der Waals surface area contributed by atoms with Crippen molar-refractivity contribution in [1.29, 1.82) is 0 Å². The molecule has 1 fully saturated rings. The second kappa shape index (κ2) is 6.08. The summed E-state index contributed by atoms with van der Waals surface area (Å²) in [5, 5.41) is -0.923. The SMILES string of the molecule is CC(=O)N(C)Cc1ccc(C2N(C)C(=O)CCS2(=O)=O)cc1. The Labute approximate surface area is 130 Å². The molecule has 120 valence electrons. The van der Waals surface area contributed by atoms with Crippen LogP contribution in [0.5, 0.6) is 0 Å². The molecule has 2 amide bonds. The maximum Gasteiger partial charge on any atom is 0.224 e. The zero-order valence-corrected chi connectivity index (χ0v) is 13.8. The number of nitrogens with zero attached hydrogens (tertiary/aromatic N) is 2. The van der Waals surface area contributed by atoms with Crippen molar-refractivity contribution in [2.24, 2.45) is 0 Å². The fourth-order valence-electron chi connectivity index (χ4n) is 2.49. The third kappa shape index (κ3) is 3.30. The summed E-state index contributed by atoms with van der Waals surface area (Å²) in [7, 11) is -0.150. The molecule has 0 bridgehead atoms. The minimum Gasteiger partial charge on any atom is -0.342 e. The van der Waals surface area contributed by atoms with Crippen LogP contribution in [0, 0.1) is 0 Å². The molecule has 2 rings (SSSR count). The number of hydrogen-bond acceptors (Lipinski definition) is 4. The van der Waals surface area contributed by atoms with E-state index in [0.29, 0.717) is 12.1 Å². The topological polar surface area (TPSA) is 74.8 Å². The molecule has 1 atom stereocenters. The number of rotatable bonds is 3. The molecule has 7 heteroatoms. The quantitative estimate of drug-likeness (QED) is 0.829. The predicted molar refractivity (Wildman–Crippen MR) is 82.5 cm³/mol. The molecule has 1 aliphatic rings. The molecule has 1 aromatic carbocycles. The number of carbonyl (C=O) groups is 2. The second-order valence-electron chi connectivity index (χ2n) is 5.59. The molecule has 1 saturated heterocycles. The minimum absolute atomic E-state index is 0.0377. The van der Waals surface area contributed by atoms with Gasteiger partial charge in [-0.05, 0) is 11.1 Å². The van der Waals surface area contributed by atoms with Crippen LogP contribution >= 0.6 is 0 Å². The number of benzene rings is 1. The lowest BCUT2D eigenvalue weighted by molar-refractivity contribution is -0.131. The summed E-state index contributed by atoms with van der Waals surface area (Å²) >= 11 is 0. The molecular weight excluding hydrogens is 304 g/mol. The maximum absolute atomic E-state index is 12.2. The van der Waals surface area contributed by atoms with Crippen molar-refractivity contribution < 1.29 is 18.0 Å². The van der Waals surface area contributed by atoms with E-state index in [2.05, 4.69) is 0 Å². The average Bonchev–Trinajstić information content (AvgIpc) is 2.45. The molecule has 22 heavy (non-hydrogen) atoms. The summed E-state index contributed by atoms with van der Waals surface area (Å²) in [4.78, 5) is 25.9.